The van der Waals surface area contributed by atoms with Crippen LogP contribution in [0.1, 0.15) is 0 Å². The molecule has 0 amide bonds. The van der Waals surface area contributed by atoms with Crippen molar-refractivity contribution in [3.8, 4) is 0 Å². The summed E-state index contributed by atoms with van der Waals surface area (Å²) in [6.45, 7) is -3.25. The largest absolute Gasteiger partial charge is 3.00 e. The summed E-state index contributed by atoms with van der Waals surface area (Å²) in [5.74, 6) is -6.12. The Morgan fingerprint density at radius 1 is 0.560 bits per heavy atom. The molecule has 0 fully saturated rings. The van der Waals surface area contributed by atoms with Gasteiger partial charge in [-0.2, -0.15) is 0 Å². The average Bonchev–Trinajstić information content (AvgIpc) is 2.22. The minimum Gasteiger partial charge on any atom is -0.549 e. The Morgan fingerprint density at radius 2 is 0.720 bits per heavy atom. The number of rotatable bonds is 11. The monoisotopic (exact) mass is 416 g/mol. The van der Waals surface area contributed by atoms with Gasteiger partial charge in [0.1, 0.15) is 0 Å². The van der Waals surface area contributed by atoms with Gasteiger partial charge in [-0.25, -0.2) is 0 Å². The summed E-state index contributed by atoms with van der Waals surface area (Å²) < 4.78 is 0. The van der Waals surface area contributed by atoms with E-state index in [0.29, 0.717) is 0 Å². The maximum atomic E-state index is 10.4. The van der Waals surface area contributed by atoms with Crippen molar-refractivity contribution < 1.29 is 73.1 Å². The first-order chi connectivity index (χ1) is 9.20. The third-order valence-electron chi connectivity index (χ3n) is 2.14. The average molecular weight is 416 g/mol. The molecule has 0 bridgehead atoms. The molecule has 0 saturated heterocycles. The van der Waals surface area contributed by atoms with Crippen LogP contribution in [0, 0.1) is 0 Å². The molecule has 0 heterocycles. The Hall–Kier alpha value is -1.84. The van der Waals surface area contributed by atoms with Gasteiger partial charge < -0.3 is 62.2 Å². The van der Waals surface area contributed by atoms with E-state index in [1.165, 1.54) is 0 Å². The SMILES string of the molecule is O.O.O.O=C([O-])CN(CCN(CC(=O)[O-])CC(=O)[O-])CC(=O)[O-].[Fe+3].[NH4+]. The Morgan fingerprint density at radius 3 is 0.840 bits per heavy atom. The normalized spacial score (nSPS) is 8.56. The molecule has 0 saturated carbocycles. The molecule has 0 aliphatic carbocycles. The molecule has 151 valence electrons. The predicted molar refractivity (Wildman–Crippen MR) is 69.7 cm³/mol. The molecule has 0 aliphatic rings. The Kier molecular flexibility index (Phi) is 31.2. The van der Waals surface area contributed by atoms with Crippen LogP contribution < -0.4 is 26.6 Å². The summed E-state index contributed by atoms with van der Waals surface area (Å²) in [5.41, 5.74) is 0. The molecule has 10 N–H and O–H groups in total. The number of carboxylic acid groups (broad SMARTS) is 4. The molecular weight excluding hydrogens is 394 g/mol. The number of carboxylic acids is 4. The molecule has 0 rings (SSSR count). The number of carbonyl (C=O) groups excluding carboxylic acids is 4. The zero-order valence-corrected chi connectivity index (χ0v) is 14.4. The third kappa shape index (κ3) is 24.5. The van der Waals surface area contributed by atoms with Gasteiger partial charge in [-0.15, -0.1) is 0 Å². The van der Waals surface area contributed by atoms with E-state index in [2.05, 4.69) is 0 Å². The zero-order chi connectivity index (χ0) is 15.7. The first-order valence-electron chi connectivity index (χ1n) is 5.44. The summed E-state index contributed by atoms with van der Waals surface area (Å²) >= 11 is 0. The topological polar surface area (TPSA) is 298 Å². The van der Waals surface area contributed by atoms with Crippen molar-refractivity contribution in [1.29, 1.82) is 0 Å². The smallest absolute Gasteiger partial charge is 0.549 e. The van der Waals surface area contributed by atoms with Gasteiger partial charge in [0.15, 0.2) is 0 Å². The number of quaternary nitrogens is 1. The van der Waals surface area contributed by atoms with E-state index >= 15 is 0 Å². The van der Waals surface area contributed by atoms with Crippen molar-refractivity contribution in [3.05, 3.63) is 0 Å². The molecule has 0 spiro atoms. The van der Waals surface area contributed by atoms with Gasteiger partial charge in [-0.1, -0.05) is 0 Å². The van der Waals surface area contributed by atoms with Crippen molar-refractivity contribution >= 4 is 23.9 Å². The van der Waals surface area contributed by atoms with Crippen molar-refractivity contribution in [2.24, 2.45) is 0 Å². The van der Waals surface area contributed by atoms with Gasteiger partial charge in [0.2, 0.25) is 0 Å². The second-order valence-electron chi connectivity index (χ2n) is 3.91. The fraction of sp³-hybridized carbons (Fsp3) is 0.600. The van der Waals surface area contributed by atoms with Crippen LogP contribution in [0.3, 0.4) is 0 Å². The number of hydrogen-bond acceptors (Lipinski definition) is 10. The maximum Gasteiger partial charge on any atom is 3.00 e. The summed E-state index contributed by atoms with van der Waals surface area (Å²) in [6, 6.07) is 0. The van der Waals surface area contributed by atoms with Crippen molar-refractivity contribution in [1.82, 2.24) is 16.0 Å². The first-order valence-corrected chi connectivity index (χ1v) is 5.44. The minimum atomic E-state index is -1.53. The molecule has 25 heavy (non-hydrogen) atoms. The van der Waals surface area contributed by atoms with Crippen molar-refractivity contribution in [2.75, 3.05) is 39.3 Å². The van der Waals surface area contributed by atoms with E-state index in [0.717, 1.165) is 9.80 Å². The van der Waals surface area contributed by atoms with Crippen LogP contribution in [-0.2, 0) is 36.2 Å². The second-order valence-corrected chi connectivity index (χ2v) is 3.91. The van der Waals surface area contributed by atoms with Crippen LogP contribution in [0.2, 0.25) is 0 Å². The van der Waals surface area contributed by atoms with Crippen LogP contribution in [0.25, 0.3) is 0 Å². The van der Waals surface area contributed by atoms with Gasteiger partial charge in [0, 0.05) is 39.3 Å². The van der Waals surface area contributed by atoms with Crippen LogP contribution in [0.5, 0.6) is 0 Å². The summed E-state index contributed by atoms with van der Waals surface area (Å²) in [4.78, 5) is 43.4. The standard InChI is InChI=1S/C10H16N2O8.Fe.H3N.3H2O/c13-7(14)3-11(4-8(15)16)1-2-12(5-9(17)18)6-10(19)20;;;;;/h1-6H2,(H,13,14)(H,15,16)(H,17,18)(H,19,20);;1H3;3*1H2/q;+3;;;;/p-3. The molecule has 0 aromatic heterocycles. The van der Waals surface area contributed by atoms with Crippen LogP contribution in [0.4, 0.5) is 0 Å². The number of carbonyl (C=O) groups is 4. The summed E-state index contributed by atoms with van der Waals surface area (Å²) in [7, 11) is 0. The molecule has 0 aliphatic heterocycles. The number of aliphatic carboxylic acids is 4. The Labute approximate surface area is 153 Å². The predicted octanol–water partition coefficient (Wildman–Crippen LogP) is -9.51. The minimum absolute atomic E-state index is 0. The molecular formula is C10H22FeN3O11. The van der Waals surface area contributed by atoms with E-state index in [-0.39, 0.29) is 52.7 Å². The summed E-state index contributed by atoms with van der Waals surface area (Å²) in [6.07, 6.45) is 0. The maximum absolute atomic E-state index is 10.4. The summed E-state index contributed by atoms with van der Waals surface area (Å²) in [5, 5.41) is 41.6. The fourth-order valence-electron chi connectivity index (χ4n) is 1.44. The molecule has 0 atom stereocenters. The van der Waals surface area contributed by atoms with E-state index < -0.39 is 50.1 Å². The van der Waals surface area contributed by atoms with E-state index in [1.54, 1.807) is 0 Å². The molecule has 14 nitrogen and oxygen atoms in total. The Bertz CT molecular complexity index is 328. The molecule has 0 aromatic carbocycles. The molecule has 0 aromatic rings. The van der Waals surface area contributed by atoms with E-state index in [1.807, 2.05) is 0 Å². The van der Waals surface area contributed by atoms with Crippen molar-refractivity contribution in [2.45, 2.75) is 0 Å². The van der Waals surface area contributed by atoms with Gasteiger partial charge in [0.05, 0.1) is 23.9 Å². The van der Waals surface area contributed by atoms with Crippen LogP contribution in [-0.4, -0.2) is 89.4 Å². The van der Waals surface area contributed by atoms with Crippen molar-refractivity contribution in [3.63, 3.8) is 0 Å². The van der Waals surface area contributed by atoms with Gasteiger partial charge in [-0.3, -0.25) is 9.80 Å². The Balaban J connectivity index is -0.000000180. The third-order valence-corrected chi connectivity index (χ3v) is 2.14. The van der Waals surface area contributed by atoms with Gasteiger partial charge >= 0.3 is 17.1 Å². The van der Waals surface area contributed by atoms with E-state index in [4.69, 9.17) is 0 Å². The van der Waals surface area contributed by atoms with Gasteiger partial charge in [-0.05, 0) is 0 Å². The molecule has 15 heteroatoms. The number of nitrogens with zero attached hydrogens (tertiary/aromatic N) is 2. The molecule has 1 radical (unpaired) electrons. The first kappa shape index (κ1) is 38.6. The van der Waals surface area contributed by atoms with E-state index in [9.17, 15) is 39.6 Å². The second kappa shape index (κ2) is 20.2. The van der Waals surface area contributed by atoms with Crippen LogP contribution in [0.15, 0.2) is 0 Å². The van der Waals surface area contributed by atoms with Crippen LogP contribution >= 0.6 is 0 Å². The van der Waals surface area contributed by atoms with Gasteiger partial charge in [0.25, 0.3) is 0 Å². The quantitative estimate of drug-likeness (QED) is 0.310. The number of hydrogen-bond donors (Lipinski definition) is 1. The molecule has 0 unspecified atom stereocenters. The fourth-order valence-corrected chi connectivity index (χ4v) is 1.44. The zero-order valence-electron chi connectivity index (χ0n) is 13.3.